The number of imidazole rings is 1. The van der Waals surface area contributed by atoms with Crippen molar-refractivity contribution in [1.29, 1.82) is 0 Å². The molecule has 6 heteroatoms. The summed E-state index contributed by atoms with van der Waals surface area (Å²) in [7, 11) is 0. The quantitative estimate of drug-likeness (QED) is 0.179. The molecule has 0 bridgehead atoms. The van der Waals surface area contributed by atoms with Crippen molar-refractivity contribution < 1.29 is 4.79 Å². The highest BCUT2D eigenvalue weighted by molar-refractivity contribution is 7.99. The van der Waals surface area contributed by atoms with Crippen LogP contribution in [0.25, 0.3) is 10.8 Å². The monoisotopic (exact) mass is 554 g/mol. The average Bonchev–Trinajstić information content (AvgIpc) is 3.48. The van der Waals surface area contributed by atoms with Crippen molar-refractivity contribution in [2.24, 2.45) is 0 Å². The maximum atomic E-state index is 12.7. The minimum atomic E-state index is -0.488. The number of urea groups is 1. The van der Waals surface area contributed by atoms with E-state index in [9.17, 15) is 4.79 Å². The van der Waals surface area contributed by atoms with Gasteiger partial charge in [-0.15, -0.1) is 0 Å². The highest BCUT2D eigenvalue weighted by Crippen LogP contribution is 2.48. The van der Waals surface area contributed by atoms with Gasteiger partial charge < -0.3 is 10.6 Å². The van der Waals surface area contributed by atoms with Crippen LogP contribution in [0.4, 0.5) is 10.5 Å². The molecule has 0 aliphatic carbocycles. The van der Waals surface area contributed by atoms with Crippen LogP contribution >= 0.6 is 11.9 Å². The summed E-state index contributed by atoms with van der Waals surface area (Å²) in [6, 6.07) is 45.5. The van der Waals surface area contributed by atoms with Gasteiger partial charge in [-0.05, 0) is 40.1 Å². The summed E-state index contributed by atoms with van der Waals surface area (Å²) in [4.78, 5) is 17.3. The number of hydrogen-bond donors (Lipinski definition) is 2. The fourth-order valence-corrected chi connectivity index (χ4v) is 6.47. The van der Waals surface area contributed by atoms with E-state index in [0.29, 0.717) is 13.0 Å². The van der Waals surface area contributed by atoms with Gasteiger partial charge in [-0.2, -0.15) is 0 Å². The maximum Gasteiger partial charge on any atom is 0.319 e. The molecule has 6 rings (SSSR count). The molecule has 5 aromatic carbocycles. The molecule has 0 saturated carbocycles. The summed E-state index contributed by atoms with van der Waals surface area (Å²) in [5, 5.41) is 8.06. The number of nitrogens with zero attached hydrogens (tertiary/aromatic N) is 2. The molecule has 2 N–H and O–H groups in total. The molecule has 5 nitrogen and oxygen atoms in total. The first-order chi connectivity index (χ1) is 20.2. The fourth-order valence-electron chi connectivity index (χ4n) is 5.16. The molecule has 2 amide bonds. The Morgan fingerprint density at radius 2 is 1.27 bits per heavy atom. The number of amides is 2. The zero-order chi connectivity index (χ0) is 27.9. The second kappa shape index (κ2) is 12.1. The van der Waals surface area contributed by atoms with Crippen LogP contribution in [-0.4, -0.2) is 21.5 Å². The Balaban J connectivity index is 1.19. The average molecular weight is 555 g/mol. The van der Waals surface area contributed by atoms with Crippen molar-refractivity contribution in [2.45, 2.75) is 11.2 Å². The topological polar surface area (TPSA) is 59.0 Å². The van der Waals surface area contributed by atoms with Gasteiger partial charge >= 0.3 is 6.03 Å². The zero-order valence-electron chi connectivity index (χ0n) is 22.5. The van der Waals surface area contributed by atoms with Crippen molar-refractivity contribution in [2.75, 3.05) is 11.9 Å². The van der Waals surface area contributed by atoms with E-state index >= 15 is 0 Å². The number of carbonyl (C=O) groups excluding carboxylic acids is 1. The molecule has 0 unspecified atom stereocenters. The van der Waals surface area contributed by atoms with Gasteiger partial charge in [0.05, 0.1) is 11.4 Å². The Hall–Kier alpha value is -4.81. The number of benzene rings is 5. The van der Waals surface area contributed by atoms with Gasteiger partial charge in [0.1, 0.15) is 11.1 Å². The standard InChI is InChI=1S/C35H30N4OS/c40-34(38-33-22-12-14-27-13-10-11-21-32(27)33)36-24-23-31-25-39(26-37-31)41-35(28-15-4-1-5-16-28,29-17-6-2-7-18-29)30-19-8-3-9-20-30/h1-22,25-26H,23-24H2,(H2,36,38,40). The lowest BCUT2D eigenvalue weighted by Crippen LogP contribution is -2.30. The molecule has 41 heavy (non-hydrogen) atoms. The van der Waals surface area contributed by atoms with E-state index in [1.807, 2.05) is 67.0 Å². The van der Waals surface area contributed by atoms with Crippen molar-refractivity contribution in [1.82, 2.24) is 14.3 Å². The lowest BCUT2D eigenvalue weighted by Gasteiger charge is -2.35. The van der Waals surface area contributed by atoms with Crippen LogP contribution in [0.5, 0.6) is 0 Å². The Morgan fingerprint density at radius 3 is 1.90 bits per heavy atom. The van der Waals surface area contributed by atoms with E-state index in [-0.39, 0.29) is 6.03 Å². The maximum absolute atomic E-state index is 12.7. The molecule has 0 aliphatic heterocycles. The van der Waals surface area contributed by atoms with Gasteiger partial charge in [0.15, 0.2) is 0 Å². The number of fused-ring (bicyclic) bond motifs is 1. The minimum Gasteiger partial charge on any atom is -0.337 e. The summed E-state index contributed by atoms with van der Waals surface area (Å²) in [6.07, 6.45) is 4.53. The van der Waals surface area contributed by atoms with E-state index in [0.717, 1.165) is 22.2 Å². The first-order valence-electron chi connectivity index (χ1n) is 13.6. The number of nitrogens with one attached hydrogen (secondary N) is 2. The van der Waals surface area contributed by atoms with E-state index in [1.54, 1.807) is 11.9 Å². The normalized spacial score (nSPS) is 11.3. The molecule has 6 aromatic rings. The first kappa shape index (κ1) is 26.4. The van der Waals surface area contributed by atoms with Crippen LogP contribution in [-0.2, 0) is 11.2 Å². The molecule has 0 spiro atoms. The van der Waals surface area contributed by atoms with Crippen LogP contribution in [0.15, 0.2) is 146 Å². The number of anilines is 1. The molecule has 0 fully saturated rings. The third-order valence-corrected chi connectivity index (χ3v) is 8.49. The second-order valence-electron chi connectivity index (χ2n) is 9.75. The lowest BCUT2D eigenvalue weighted by atomic mass is 9.84. The van der Waals surface area contributed by atoms with Gasteiger partial charge in [-0.1, -0.05) is 127 Å². The minimum absolute atomic E-state index is 0.230. The van der Waals surface area contributed by atoms with Crippen LogP contribution in [0, 0.1) is 0 Å². The van der Waals surface area contributed by atoms with Gasteiger partial charge in [0.2, 0.25) is 0 Å². The van der Waals surface area contributed by atoms with Gasteiger partial charge in [0, 0.05) is 24.5 Å². The predicted octanol–water partition coefficient (Wildman–Crippen LogP) is 7.89. The molecular weight excluding hydrogens is 524 g/mol. The Labute approximate surface area is 244 Å². The highest BCUT2D eigenvalue weighted by atomic mass is 32.2. The van der Waals surface area contributed by atoms with Gasteiger partial charge in [0.25, 0.3) is 0 Å². The van der Waals surface area contributed by atoms with Crippen molar-refractivity contribution in [3.05, 3.63) is 168 Å². The van der Waals surface area contributed by atoms with Crippen molar-refractivity contribution in [3.8, 4) is 0 Å². The van der Waals surface area contributed by atoms with Crippen LogP contribution in [0.2, 0.25) is 0 Å². The summed E-state index contributed by atoms with van der Waals surface area (Å²) in [5.74, 6) is 0. The molecular formula is C35H30N4OS. The van der Waals surface area contributed by atoms with Crippen LogP contribution < -0.4 is 10.6 Å². The molecule has 1 aromatic heterocycles. The zero-order valence-corrected chi connectivity index (χ0v) is 23.3. The van der Waals surface area contributed by atoms with Crippen LogP contribution in [0.3, 0.4) is 0 Å². The molecule has 1 heterocycles. The van der Waals surface area contributed by atoms with Crippen molar-refractivity contribution in [3.63, 3.8) is 0 Å². The summed E-state index contributed by atoms with van der Waals surface area (Å²) < 4.78 is 1.59. The Bertz CT molecular complexity index is 1630. The molecule has 0 saturated heterocycles. The summed E-state index contributed by atoms with van der Waals surface area (Å²) in [6.45, 7) is 0.472. The Kier molecular flexibility index (Phi) is 7.83. The van der Waals surface area contributed by atoms with E-state index in [4.69, 9.17) is 0 Å². The molecule has 0 atom stereocenters. The first-order valence-corrected chi connectivity index (χ1v) is 14.4. The van der Waals surface area contributed by atoms with Gasteiger partial charge in [-0.3, -0.25) is 3.97 Å². The fraction of sp³-hybridized carbons (Fsp3) is 0.0857. The number of carbonyl (C=O) groups is 1. The lowest BCUT2D eigenvalue weighted by molar-refractivity contribution is 0.252. The van der Waals surface area contributed by atoms with E-state index in [2.05, 4.69) is 98.6 Å². The largest absolute Gasteiger partial charge is 0.337 e. The molecule has 202 valence electrons. The van der Waals surface area contributed by atoms with Gasteiger partial charge in [-0.25, -0.2) is 9.78 Å². The number of aromatic nitrogens is 2. The summed E-state index contributed by atoms with van der Waals surface area (Å²) >= 11 is 1.71. The molecule has 0 radical (unpaired) electrons. The Morgan fingerprint density at radius 1 is 0.707 bits per heavy atom. The second-order valence-corrected chi connectivity index (χ2v) is 11.0. The molecule has 0 aliphatic rings. The van der Waals surface area contributed by atoms with Crippen LogP contribution in [0.1, 0.15) is 22.4 Å². The third kappa shape index (κ3) is 5.74. The predicted molar refractivity (Wildman–Crippen MR) is 169 cm³/mol. The van der Waals surface area contributed by atoms with Crippen molar-refractivity contribution >= 4 is 34.4 Å². The highest BCUT2D eigenvalue weighted by Gasteiger charge is 2.38. The van der Waals surface area contributed by atoms with E-state index < -0.39 is 4.75 Å². The number of rotatable bonds is 9. The smallest absolute Gasteiger partial charge is 0.319 e. The van der Waals surface area contributed by atoms with E-state index in [1.165, 1.54) is 16.7 Å². The third-order valence-electron chi connectivity index (χ3n) is 7.10. The number of hydrogen-bond acceptors (Lipinski definition) is 3. The summed E-state index contributed by atoms with van der Waals surface area (Å²) in [5.41, 5.74) is 5.25. The SMILES string of the molecule is O=C(NCCc1cn(SC(c2ccccc2)(c2ccccc2)c2ccccc2)cn1)Nc1cccc2ccccc12.